The Morgan fingerprint density at radius 3 is 2.77 bits per heavy atom. The van der Waals surface area contributed by atoms with Gasteiger partial charge >= 0.3 is 0 Å². The topological polar surface area (TPSA) is 80.9 Å². The van der Waals surface area contributed by atoms with Crippen molar-refractivity contribution < 1.29 is 13.6 Å². The van der Waals surface area contributed by atoms with E-state index in [1.807, 2.05) is 6.07 Å². The van der Waals surface area contributed by atoms with Gasteiger partial charge in [-0.05, 0) is 72.9 Å². The number of nitrogens with one attached hydrogen (secondary N) is 1. The summed E-state index contributed by atoms with van der Waals surface area (Å²) in [7, 11) is 0. The normalized spacial score (nSPS) is 22.8. The number of carbonyl (C=O) groups is 1. The van der Waals surface area contributed by atoms with E-state index in [2.05, 4.69) is 15.3 Å². The fourth-order valence-electron chi connectivity index (χ4n) is 5.02. The van der Waals surface area contributed by atoms with Crippen LogP contribution in [0.25, 0.3) is 11.3 Å². The minimum atomic E-state index is -0.668. The van der Waals surface area contributed by atoms with Gasteiger partial charge in [-0.15, -0.1) is 0 Å². The van der Waals surface area contributed by atoms with Gasteiger partial charge in [-0.25, -0.2) is 13.8 Å². The Bertz CT molecular complexity index is 1170. The molecule has 2 aliphatic rings. The van der Waals surface area contributed by atoms with Gasteiger partial charge in [0.2, 0.25) is 0 Å². The highest BCUT2D eigenvalue weighted by atomic mass is 19.1. The molecule has 5 nitrogen and oxygen atoms in total. The second-order valence-corrected chi connectivity index (χ2v) is 8.45. The zero-order valence-electron chi connectivity index (χ0n) is 16.8. The Labute approximate surface area is 178 Å². The third-order valence-corrected chi connectivity index (χ3v) is 6.31. The van der Waals surface area contributed by atoms with Crippen molar-refractivity contribution in [3.63, 3.8) is 0 Å². The van der Waals surface area contributed by atoms with E-state index in [1.54, 1.807) is 24.5 Å². The van der Waals surface area contributed by atoms with Crippen LogP contribution in [-0.4, -0.2) is 21.9 Å². The first-order valence-electron chi connectivity index (χ1n) is 10.4. The van der Waals surface area contributed by atoms with Gasteiger partial charge in [0.25, 0.3) is 5.91 Å². The number of nitrogens with zero attached hydrogens (tertiary/aromatic N) is 2. The fourth-order valence-corrected chi connectivity index (χ4v) is 5.02. The van der Waals surface area contributed by atoms with E-state index >= 15 is 0 Å². The van der Waals surface area contributed by atoms with Crippen molar-refractivity contribution in [2.75, 3.05) is 5.32 Å². The molecule has 2 aromatic heterocycles. The van der Waals surface area contributed by atoms with Crippen LogP contribution in [0.4, 0.5) is 14.5 Å². The van der Waals surface area contributed by atoms with E-state index < -0.39 is 17.5 Å². The van der Waals surface area contributed by atoms with Crippen molar-refractivity contribution in [2.45, 2.75) is 37.6 Å². The smallest absolute Gasteiger partial charge is 0.274 e. The molecular weight excluding hydrogens is 398 g/mol. The molecule has 1 amide bonds. The minimum Gasteiger partial charge on any atom is -0.328 e. The van der Waals surface area contributed by atoms with Crippen molar-refractivity contribution in [1.82, 2.24) is 9.97 Å². The third-order valence-electron chi connectivity index (χ3n) is 6.31. The highest BCUT2D eigenvalue weighted by Gasteiger charge is 2.31. The number of aromatic nitrogens is 2. The van der Waals surface area contributed by atoms with E-state index in [4.69, 9.17) is 5.73 Å². The van der Waals surface area contributed by atoms with Crippen LogP contribution in [0.3, 0.4) is 0 Å². The predicted molar refractivity (Wildman–Crippen MR) is 114 cm³/mol. The van der Waals surface area contributed by atoms with Gasteiger partial charge in [-0.3, -0.25) is 9.78 Å². The van der Waals surface area contributed by atoms with Crippen LogP contribution >= 0.6 is 0 Å². The number of hydrogen-bond acceptors (Lipinski definition) is 4. The highest BCUT2D eigenvalue weighted by Crippen LogP contribution is 2.41. The molecular formula is C24H22F2N4O. The number of halogens is 2. The number of pyridine rings is 2. The number of hydrogen-bond donors (Lipinski definition) is 2. The van der Waals surface area contributed by atoms with E-state index in [-0.39, 0.29) is 34.8 Å². The molecule has 4 bridgehead atoms. The van der Waals surface area contributed by atoms with Gasteiger partial charge in [-0.2, -0.15) is 0 Å². The van der Waals surface area contributed by atoms with Crippen molar-refractivity contribution in [3.05, 3.63) is 77.2 Å². The minimum absolute atomic E-state index is 0.0133. The number of carbonyl (C=O) groups excluding carboxylic acids is 1. The maximum absolute atomic E-state index is 14.9. The number of nitrogens with two attached hydrogens (primary N) is 1. The summed E-state index contributed by atoms with van der Waals surface area (Å²) < 4.78 is 29.7. The Morgan fingerprint density at radius 2 is 1.90 bits per heavy atom. The van der Waals surface area contributed by atoms with E-state index in [0.717, 1.165) is 30.9 Å². The number of amides is 1. The lowest BCUT2D eigenvalue weighted by molar-refractivity contribution is 0.102. The zero-order chi connectivity index (χ0) is 21.5. The Morgan fingerprint density at radius 1 is 1.03 bits per heavy atom. The third kappa shape index (κ3) is 3.70. The highest BCUT2D eigenvalue weighted by molar-refractivity contribution is 6.03. The summed E-state index contributed by atoms with van der Waals surface area (Å²) in [6.07, 6.45) is 6.31. The average molecular weight is 420 g/mol. The lowest BCUT2D eigenvalue weighted by atomic mass is 9.73. The SMILES string of the molecule is NC1CC2C[C@H](Cc3cccc(F)c3-c3nc(ccc3F)C(=O)Nc3cnccc32)C1. The molecule has 5 rings (SSSR count). The lowest BCUT2D eigenvalue weighted by Crippen LogP contribution is -2.33. The van der Waals surface area contributed by atoms with Gasteiger partial charge in [0.1, 0.15) is 23.0 Å². The number of anilines is 1. The molecule has 3 heterocycles. The molecule has 2 unspecified atom stereocenters. The summed E-state index contributed by atoms with van der Waals surface area (Å²) in [4.78, 5) is 21.3. The Kier molecular flexibility index (Phi) is 4.98. The molecule has 0 radical (unpaired) electrons. The first-order valence-corrected chi connectivity index (χ1v) is 10.4. The van der Waals surface area contributed by atoms with Gasteiger partial charge in [-0.1, -0.05) is 12.1 Å². The van der Waals surface area contributed by atoms with Crippen LogP contribution in [0.15, 0.2) is 48.8 Å². The molecule has 7 heteroatoms. The first-order chi connectivity index (χ1) is 15.0. The predicted octanol–water partition coefficient (Wildman–Crippen LogP) is 4.44. The van der Waals surface area contributed by atoms with E-state index in [0.29, 0.717) is 17.7 Å². The molecule has 31 heavy (non-hydrogen) atoms. The lowest BCUT2D eigenvalue weighted by Gasteiger charge is -2.34. The molecule has 1 aromatic carbocycles. The largest absolute Gasteiger partial charge is 0.328 e. The summed E-state index contributed by atoms with van der Waals surface area (Å²) in [5, 5.41) is 2.86. The Balaban J connectivity index is 1.71. The van der Waals surface area contributed by atoms with Crippen LogP contribution in [0.1, 0.15) is 46.8 Å². The van der Waals surface area contributed by atoms with E-state index in [9.17, 15) is 13.6 Å². The van der Waals surface area contributed by atoms with Gasteiger partial charge in [0.15, 0.2) is 0 Å². The van der Waals surface area contributed by atoms with Gasteiger partial charge in [0, 0.05) is 17.8 Å². The molecule has 1 saturated carbocycles. The molecule has 0 saturated heterocycles. The van der Waals surface area contributed by atoms with Crippen LogP contribution in [0.5, 0.6) is 0 Å². The van der Waals surface area contributed by atoms with Crippen LogP contribution in [0, 0.1) is 17.6 Å². The molecule has 1 fully saturated rings. The molecule has 3 N–H and O–H groups in total. The maximum atomic E-state index is 14.9. The van der Waals surface area contributed by atoms with Crippen molar-refractivity contribution in [3.8, 4) is 11.3 Å². The number of rotatable bonds is 0. The Hall–Kier alpha value is -3.19. The number of fused-ring (bicyclic) bond motifs is 8. The van der Waals surface area contributed by atoms with Crippen molar-refractivity contribution in [1.29, 1.82) is 0 Å². The average Bonchev–Trinajstić information content (AvgIpc) is 2.74. The summed E-state index contributed by atoms with van der Waals surface area (Å²) in [6, 6.07) is 9.08. The van der Waals surface area contributed by atoms with Crippen molar-refractivity contribution in [2.24, 2.45) is 11.7 Å². The van der Waals surface area contributed by atoms with E-state index in [1.165, 1.54) is 12.1 Å². The standard InChI is InChI=1S/C24H22F2N4O/c25-18-3-1-2-14-8-13-9-15(11-16(27)10-13)17-6-7-28-12-21(17)30-24(31)20-5-4-19(26)23(29-20)22(14)18/h1-7,12-13,15-16H,8-11,27H2,(H,30,31)/t13-,15?,16?/m0/s1. The summed E-state index contributed by atoms with van der Waals surface area (Å²) >= 11 is 0. The fraction of sp³-hybridized carbons (Fsp3) is 0.292. The number of benzene rings is 1. The maximum Gasteiger partial charge on any atom is 0.274 e. The molecule has 0 spiro atoms. The van der Waals surface area contributed by atoms with Gasteiger partial charge < -0.3 is 11.1 Å². The van der Waals surface area contributed by atoms with Crippen LogP contribution in [-0.2, 0) is 6.42 Å². The molecule has 3 aromatic rings. The van der Waals surface area contributed by atoms with Crippen molar-refractivity contribution >= 4 is 11.6 Å². The quantitative estimate of drug-likeness (QED) is 0.563. The molecule has 1 aliphatic carbocycles. The first kappa shape index (κ1) is 19.8. The van der Waals surface area contributed by atoms with Gasteiger partial charge in [0.05, 0.1) is 11.9 Å². The summed E-state index contributed by atoms with van der Waals surface area (Å²) in [6.45, 7) is 0. The summed E-state index contributed by atoms with van der Waals surface area (Å²) in [5.41, 5.74) is 8.63. The molecule has 3 atom stereocenters. The second kappa shape index (κ2) is 7.81. The second-order valence-electron chi connectivity index (χ2n) is 8.45. The van der Waals surface area contributed by atoms with Crippen LogP contribution in [0.2, 0.25) is 0 Å². The molecule has 158 valence electrons. The summed E-state index contributed by atoms with van der Waals surface area (Å²) in [5.74, 6) is -1.39. The monoisotopic (exact) mass is 420 g/mol. The van der Waals surface area contributed by atoms with Crippen LogP contribution < -0.4 is 11.1 Å². The molecule has 1 aliphatic heterocycles. The zero-order valence-corrected chi connectivity index (χ0v) is 16.8.